The number of anilines is 1. The van der Waals surface area contributed by atoms with Crippen LogP contribution < -0.4 is 10.9 Å². The maximum atomic E-state index is 12.8. The van der Waals surface area contributed by atoms with E-state index in [9.17, 15) is 9.59 Å². The molecule has 0 saturated carbocycles. The van der Waals surface area contributed by atoms with Crippen LogP contribution in [-0.4, -0.2) is 25.4 Å². The number of rotatable bonds is 6. The lowest BCUT2D eigenvalue weighted by Gasteiger charge is -2.08. The van der Waals surface area contributed by atoms with Crippen molar-refractivity contribution in [1.82, 2.24) is 19.5 Å². The van der Waals surface area contributed by atoms with Crippen LogP contribution in [0.3, 0.4) is 0 Å². The number of hydrogen-bond acceptors (Lipinski definition) is 6. The number of hydrogen-bond donors (Lipinski definition) is 1. The quantitative estimate of drug-likeness (QED) is 0.533. The second-order valence-electron chi connectivity index (χ2n) is 6.64. The highest BCUT2D eigenvalue weighted by atomic mass is 16.4. The topological polar surface area (TPSA) is 103 Å². The number of nitrogens with one attached hydrogen (secondary N) is 1. The first-order chi connectivity index (χ1) is 14.6. The van der Waals surface area contributed by atoms with Gasteiger partial charge in [-0.15, -0.1) is 0 Å². The molecule has 4 rings (SSSR count). The average Bonchev–Trinajstić information content (AvgIpc) is 3.15. The van der Waals surface area contributed by atoms with Crippen molar-refractivity contribution in [3.63, 3.8) is 0 Å². The number of carbonyl (C=O) groups excluding carboxylic acids is 1. The monoisotopic (exact) mass is 401 g/mol. The van der Waals surface area contributed by atoms with Crippen molar-refractivity contribution < 1.29 is 9.21 Å². The van der Waals surface area contributed by atoms with E-state index in [1.165, 1.54) is 29.4 Å². The van der Waals surface area contributed by atoms with Gasteiger partial charge in [-0.25, -0.2) is 15.0 Å². The van der Waals surface area contributed by atoms with Gasteiger partial charge in [-0.1, -0.05) is 18.2 Å². The molecule has 0 unspecified atom stereocenters. The zero-order chi connectivity index (χ0) is 20.9. The maximum Gasteiger partial charge on any atom is 0.263 e. The summed E-state index contributed by atoms with van der Waals surface area (Å²) in [5, 5.41) is 2.63. The number of carbonyl (C=O) groups is 1. The highest BCUT2D eigenvalue weighted by molar-refractivity contribution is 6.03. The Bertz CT molecular complexity index is 1220. The molecule has 0 aliphatic heterocycles. The molecule has 0 bridgehead atoms. The molecule has 3 heterocycles. The number of aryl methyl sites for hydroxylation is 3. The number of amides is 1. The highest BCUT2D eigenvalue weighted by Gasteiger charge is 2.15. The Morgan fingerprint density at radius 1 is 1.10 bits per heavy atom. The minimum absolute atomic E-state index is 0.0446. The Kier molecular flexibility index (Phi) is 5.47. The van der Waals surface area contributed by atoms with Crippen LogP contribution in [0.1, 0.15) is 21.8 Å². The second-order valence-corrected chi connectivity index (χ2v) is 6.64. The fourth-order valence-corrected chi connectivity index (χ4v) is 3.04. The minimum Gasteiger partial charge on any atom is -0.441 e. The molecule has 0 fully saturated rings. The van der Waals surface area contributed by atoms with Crippen molar-refractivity contribution >= 4 is 11.6 Å². The average molecular weight is 401 g/mol. The van der Waals surface area contributed by atoms with E-state index in [0.29, 0.717) is 30.3 Å². The predicted molar refractivity (Wildman–Crippen MR) is 111 cm³/mol. The molecule has 0 radical (unpaired) electrons. The fraction of sp³-hybridized carbons (Fsp3) is 0.136. The number of oxazole rings is 1. The molecular formula is C22H19N5O3. The van der Waals surface area contributed by atoms with Gasteiger partial charge in [0.05, 0.1) is 23.8 Å². The molecule has 0 saturated heterocycles. The molecule has 30 heavy (non-hydrogen) atoms. The lowest BCUT2D eigenvalue weighted by atomic mass is 10.2. The molecule has 0 spiro atoms. The zero-order valence-electron chi connectivity index (χ0n) is 16.3. The molecule has 0 atom stereocenters. The van der Waals surface area contributed by atoms with Gasteiger partial charge in [-0.05, 0) is 31.2 Å². The molecule has 8 heteroatoms. The first-order valence-corrected chi connectivity index (χ1v) is 9.39. The molecule has 1 amide bonds. The van der Waals surface area contributed by atoms with Crippen molar-refractivity contribution in [2.24, 2.45) is 0 Å². The molecule has 3 aromatic heterocycles. The number of pyridine rings is 1. The summed E-state index contributed by atoms with van der Waals surface area (Å²) in [5.74, 6) is 0.752. The summed E-state index contributed by atoms with van der Waals surface area (Å²) in [6, 6.07) is 12.8. The summed E-state index contributed by atoms with van der Waals surface area (Å²) in [6.45, 7) is 2.22. The van der Waals surface area contributed by atoms with Crippen LogP contribution in [0, 0.1) is 6.92 Å². The summed E-state index contributed by atoms with van der Waals surface area (Å²) in [6.07, 6.45) is 6.44. The molecular weight excluding hydrogens is 382 g/mol. The van der Waals surface area contributed by atoms with Crippen LogP contribution in [0.5, 0.6) is 0 Å². The molecule has 1 N–H and O–H groups in total. The lowest BCUT2D eigenvalue weighted by Crippen LogP contribution is -2.29. The third-order valence-corrected chi connectivity index (χ3v) is 4.59. The van der Waals surface area contributed by atoms with E-state index in [4.69, 9.17) is 4.42 Å². The van der Waals surface area contributed by atoms with Gasteiger partial charge in [-0.3, -0.25) is 9.59 Å². The third-order valence-electron chi connectivity index (χ3n) is 4.59. The van der Waals surface area contributed by atoms with E-state index < -0.39 is 5.91 Å². The van der Waals surface area contributed by atoms with E-state index in [2.05, 4.69) is 20.3 Å². The second kappa shape index (κ2) is 8.52. The lowest BCUT2D eigenvalue weighted by molar-refractivity contribution is 0.102. The molecule has 150 valence electrons. The maximum absolute atomic E-state index is 12.8. The molecule has 1 aromatic carbocycles. The van der Waals surface area contributed by atoms with Gasteiger partial charge < -0.3 is 14.3 Å². The molecule has 0 aliphatic carbocycles. The number of aromatic nitrogens is 4. The van der Waals surface area contributed by atoms with Gasteiger partial charge in [-0.2, -0.15) is 0 Å². The normalized spacial score (nSPS) is 10.7. The van der Waals surface area contributed by atoms with Crippen molar-refractivity contribution in [3.05, 3.63) is 94.8 Å². The molecule has 4 aromatic rings. The van der Waals surface area contributed by atoms with E-state index in [1.807, 2.05) is 37.3 Å². The molecule has 8 nitrogen and oxygen atoms in total. The van der Waals surface area contributed by atoms with Crippen molar-refractivity contribution in [3.8, 4) is 11.5 Å². The predicted octanol–water partition coefficient (Wildman–Crippen LogP) is 3.10. The largest absolute Gasteiger partial charge is 0.441 e. The van der Waals surface area contributed by atoms with Crippen LogP contribution in [0.15, 0.2) is 76.6 Å². The van der Waals surface area contributed by atoms with Gasteiger partial charge in [0.25, 0.3) is 11.5 Å². The van der Waals surface area contributed by atoms with Gasteiger partial charge in [0, 0.05) is 24.7 Å². The Morgan fingerprint density at radius 2 is 1.87 bits per heavy atom. The summed E-state index contributed by atoms with van der Waals surface area (Å²) in [5.41, 5.74) is 1.76. The van der Waals surface area contributed by atoms with Crippen LogP contribution >= 0.6 is 0 Å². The summed E-state index contributed by atoms with van der Waals surface area (Å²) < 4.78 is 7.27. The van der Waals surface area contributed by atoms with Gasteiger partial charge in [0.15, 0.2) is 0 Å². The van der Waals surface area contributed by atoms with Crippen LogP contribution in [0.2, 0.25) is 0 Å². The summed E-state index contributed by atoms with van der Waals surface area (Å²) >= 11 is 0. The van der Waals surface area contributed by atoms with Crippen molar-refractivity contribution in [2.75, 3.05) is 5.32 Å². The Hall–Kier alpha value is -4.07. The van der Waals surface area contributed by atoms with E-state index in [0.717, 1.165) is 11.3 Å². The number of nitrogens with zero attached hydrogens (tertiary/aromatic N) is 4. The third kappa shape index (κ3) is 4.17. The van der Waals surface area contributed by atoms with Crippen LogP contribution in [0.4, 0.5) is 5.69 Å². The SMILES string of the molecule is Cc1oc(-c2ccccc2)nc1CCn1cccc(C(=O)Nc2cncnc2)c1=O. The Labute approximate surface area is 172 Å². The van der Waals surface area contributed by atoms with Crippen molar-refractivity contribution in [2.45, 2.75) is 19.9 Å². The summed E-state index contributed by atoms with van der Waals surface area (Å²) in [4.78, 5) is 37.5. The fourth-order valence-electron chi connectivity index (χ4n) is 3.04. The van der Waals surface area contributed by atoms with E-state index in [-0.39, 0.29) is 11.1 Å². The zero-order valence-corrected chi connectivity index (χ0v) is 16.3. The standard InChI is InChI=1S/C22H19N5O3/c1-15-19(26-21(30-15)16-6-3-2-4-7-16)9-11-27-10-5-8-18(22(27)29)20(28)25-17-12-23-14-24-13-17/h2-8,10,12-14H,9,11H2,1H3,(H,25,28). The smallest absolute Gasteiger partial charge is 0.263 e. The van der Waals surface area contributed by atoms with Crippen LogP contribution in [0.25, 0.3) is 11.5 Å². The Balaban J connectivity index is 1.50. The van der Waals surface area contributed by atoms with E-state index in [1.54, 1.807) is 12.3 Å². The first kappa shape index (κ1) is 19.3. The molecule has 0 aliphatic rings. The van der Waals surface area contributed by atoms with Gasteiger partial charge in [0.2, 0.25) is 5.89 Å². The highest BCUT2D eigenvalue weighted by Crippen LogP contribution is 2.21. The Morgan fingerprint density at radius 3 is 2.63 bits per heavy atom. The minimum atomic E-state index is -0.506. The number of benzene rings is 1. The first-order valence-electron chi connectivity index (χ1n) is 9.39. The van der Waals surface area contributed by atoms with Crippen molar-refractivity contribution in [1.29, 1.82) is 0 Å². The van der Waals surface area contributed by atoms with Gasteiger partial charge in [0.1, 0.15) is 17.7 Å². The summed E-state index contributed by atoms with van der Waals surface area (Å²) in [7, 11) is 0. The van der Waals surface area contributed by atoms with E-state index >= 15 is 0 Å². The van der Waals surface area contributed by atoms with Crippen LogP contribution in [-0.2, 0) is 13.0 Å². The van der Waals surface area contributed by atoms with Gasteiger partial charge >= 0.3 is 0 Å².